The first-order valence-electron chi connectivity index (χ1n) is 5.06. The van der Waals surface area contributed by atoms with Crippen LogP contribution >= 0.6 is 0 Å². The molecule has 0 aliphatic rings. The fourth-order valence-corrected chi connectivity index (χ4v) is 1.60. The van der Waals surface area contributed by atoms with Crippen LogP contribution in [0.4, 0.5) is 0 Å². The molecule has 0 fully saturated rings. The van der Waals surface area contributed by atoms with Crippen molar-refractivity contribution in [3.05, 3.63) is 52.6 Å². The molecule has 0 aliphatic heterocycles. The van der Waals surface area contributed by atoms with Gasteiger partial charge in [-0.15, -0.1) is 10.2 Å². The van der Waals surface area contributed by atoms with E-state index in [1.54, 1.807) is 6.07 Å². The second-order valence-corrected chi connectivity index (χ2v) is 3.54. The second-order valence-electron chi connectivity index (χ2n) is 3.54. The third-order valence-corrected chi connectivity index (χ3v) is 2.39. The van der Waals surface area contributed by atoms with Crippen molar-refractivity contribution in [2.24, 2.45) is 0 Å². The third kappa shape index (κ3) is 1.80. The van der Waals surface area contributed by atoms with Crippen molar-refractivity contribution in [3.63, 3.8) is 0 Å². The van der Waals surface area contributed by atoms with Crippen molar-refractivity contribution in [1.82, 2.24) is 20.2 Å². The molecule has 0 amide bonds. The molecule has 17 heavy (non-hydrogen) atoms. The summed E-state index contributed by atoms with van der Waals surface area (Å²) < 4.78 is 4.99. The van der Waals surface area contributed by atoms with Crippen molar-refractivity contribution in [2.75, 3.05) is 0 Å². The van der Waals surface area contributed by atoms with Crippen LogP contribution < -0.4 is 5.56 Å². The summed E-state index contributed by atoms with van der Waals surface area (Å²) in [6.07, 6.45) is 1.46. The van der Waals surface area contributed by atoms with Gasteiger partial charge in [0.15, 0.2) is 0 Å². The number of aromatic nitrogens is 4. The molecule has 0 saturated carbocycles. The lowest BCUT2D eigenvalue weighted by atomic mass is 10.2. The summed E-state index contributed by atoms with van der Waals surface area (Å²) in [7, 11) is 0. The van der Waals surface area contributed by atoms with Crippen LogP contribution in [-0.2, 0) is 6.42 Å². The van der Waals surface area contributed by atoms with Crippen LogP contribution in [0.3, 0.4) is 0 Å². The SMILES string of the molecule is O=c1[nH]c2ccccc2nc1Cc1nnco1. The lowest BCUT2D eigenvalue weighted by molar-refractivity contribution is 0.502. The normalized spacial score (nSPS) is 10.8. The highest BCUT2D eigenvalue weighted by Gasteiger charge is 2.08. The Kier molecular flexibility index (Phi) is 2.18. The Morgan fingerprint density at radius 1 is 1.29 bits per heavy atom. The average Bonchev–Trinajstić information content (AvgIpc) is 2.83. The molecule has 0 unspecified atom stereocenters. The summed E-state index contributed by atoms with van der Waals surface area (Å²) in [5.74, 6) is 0.373. The molecule has 0 atom stereocenters. The maximum Gasteiger partial charge on any atom is 0.270 e. The molecule has 0 saturated heterocycles. The third-order valence-electron chi connectivity index (χ3n) is 2.39. The van der Waals surface area contributed by atoms with Crippen molar-refractivity contribution in [3.8, 4) is 0 Å². The fourth-order valence-electron chi connectivity index (χ4n) is 1.60. The molecule has 6 heteroatoms. The van der Waals surface area contributed by atoms with Gasteiger partial charge in [0.05, 0.1) is 17.5 Å². The predicted octanol–water partition coefficient (Wildman–Crippen LogP) is 0.897. The lowest BCUT2D eigenvalue weighted by Crippen LogP contribution is -2.15. The van der Waals surface area contributed by atoms with Gasteiger partial charge >= 0.3 is 0 Å². The van der Waals surface area contributed by atoms with Crippen molar-refractivity contribution in [1.29, 1.82) is 0 Å². The van der Waals surface area contributed by atoms with E-state index in [-0.39, 0.29) is 12.0 Å². The quantitative estimate of drug-likeness (QED) is 0.704. The standard InChI is InChI=1S/C11H8N4O2/c16-11-9(5-10-15-12-6-17-10)13-7-3-1-2-4-8(7)14-11/h1-4,6H,5H2,(H,14,16). The number of para-hydroxylation sites is 2. The van der Waals surface area contributed by atoms with E-state index in [2.05, 4.69) is 20.2 Å². The highest BCUT2D eigenvalue weighted by atomic mass is 16.4. The summed E-state index contributed by atoms with van der Waals surface area (Å²) in [6, 6.07) is 7.35. The molecule has 0 aliphatic carbocycles. The van der Waals surface area contributed by atoms with Crippen molar-refractivity contribution in [2.45, 2.75) is 6.42 Å². The Balaban J connectivity index is 2.10. The lowest BCUT2D eigenvalue weighted by Gasteiger charge is -1.99. The molecule has 2 heterocycles. The number of nitrogens with zero attached hydrogens (tertiary/aromatic N) is 3. The smallest absolute Gasteiger partial charge is 0.270 e. The maximum atomic E-state index is 11.8. The van der Waals surface area contributed by atoms with E-state index in [1.165, 1.54) is 6.39 Å². The van der Waals surface area contributed by atoms with Crippen LogP contribution in [0, 0.1) is 0 Å². The summed E-state index contributed by atoms with van der Waals surface area (Å²) in [6.45, 7) is 0. The van der Waals surface area contributed by atoms with E-state index >= 15 is 0 Å². The van der Waals surface area contributed by atoms with Gasteiger partial charge in [0.2, 0.25) is 12.3 Å². The van der Waals surface area contributed by atoms with E-state index < -0.39 is 0 Å². The number of nitrogens with one attached hydrogen (secondary N) is 1. The Morgan fingerprint density at radius 2 is 2.18 bits per heavy atom. The summed E-state index contributed by atoms with van der Waals surface area (Å²) in [5, 5.41) is 7.28. The largest absolute Gasteiger partial charge is 0.428 e. The zero-order valence-corrected chi connectivity index (χ0v) is 8.75. The Morgan fingerprint density at radius 3 is 3.00 bits per heavy atom. The molecule has 1 N–H and O–H groups in total. The number of H-pyrrole nitrogens is 1. The summed E-state index contributed by atoms with van der Waals surface area (Å²) in [5.41, 5.74) is 1.59. The zero-order chi connectivity index (χ0) is 11.7. The minimum Gasteiger partial charge on any atom is -0.428 e. The minimum absolute atomic E-state index is 0.234. The number of fused-ring (bicyclic) bond motifs is 1. The van der Waals surface area contributed by atoms with E-state index in [1.807, 2.05) is 18.2 Å². The van der Waals surface area contributed by atoms with Gasteiger partial charge in [-0.2, -0.15) is 0 Å². The van der Waals surface area contributed by atoms with E-state index in [9.17, 15) is 4.79 Å². The maximum absolute atomic E-state index is 11.8. The first-order valence-corrected chi connectivity index (χ1v) is 5.06. The molecule has 0 bridgehead atoms. The van der Waals surface area contributed by atoms with Crippen LogP contribution in [0.2, 0.25) is 0 Å². The predicted molar refractivity (Wildman–Crippen MR) is 59.5 cm³/mol. The minimum atomic E-state index is -0.234. The molecule has 0 radical (unpaired) electrons. The Bertz CT molecular complexity index is 703. The first kappa shape index (κ1) is 9.71. The average molecular weight is 228 g/mol. The fraction of sp³-hybridized carbons (Fsp3) is 0.0909. The molecular weight excluding hydrogens is 220 g/mol. The number of aromatic amines is 1. The molecule has 2 aromatic heterocycles. The number of rotatable bonds is 2. The van der Waals surface area contributed by atoms with Gasteiger partial charge in [0.1, 0.15) is 5.69 Å². The first-order chi connectivity index (χ1) is 8.33. The van der Waals surface area contributed by atoms with Crippen molar-refractivity contribution >= 4 is 11.0 Å². The molecule has 3 rings (SSSR count). The molecule has 0 spiro atoms. The highest BCUT2D eigenvalue weighted by Crippen LogP contribution is 2.07. The van der Waals surface area contributed by atoms with Gasteiger partial charge in [-0.1, -0.05) is 12.1 Å². The van der Waals surface area contributed by atoms with E-state index in [0.29, 0.717) is 17.1 Å². The number of hydrogen-bond acceptors (Lipinski definition) is 5. The topological polar surface area (TPSA) is 84.7 Å². The number of hydrogen-bond donors (Lipinski definition) is 1. The van der Waals surface area contributed by atoms with Gasteiger partial charge in [-0.3, -0.25) is 4.79 Å². The summed E-state index contributed by atoms with van der Waals surface area (Å²) in [4.78, 5) is 18.8. The van der Waals surface area contributed by atoms with E-state index in [4.69, 9.17) is 4.42 Å². The van der Waals surface area contributed by atoms with Gasteiger partial charge in [0.25, 0.3) is 5.56 Å². The van der Waals surface area contributed by atoms with Gasteiger partial charge in [0, 0.05) is 0 Å². The Labute approximate surface area is 95.3 Å². The van der Waals surface area contributed by atoms with Crippen LogP contribution in [0.25, 0.3) is 11.0 Å². The van der Waals surface area contributed by atoms with Crippen LogP contribution in [0.1, 0.15) is 11.6 Å². The van der Waals surface area contributed by atoms with E-state index in [0.717, 1.165) is 5.52 Å². The molecule has 3 aromatic rings. The monoisotopic (exact) mass is 228 g/mol. The second kappa shape index (κ2) is 3.82. The summed E-state index contributed by atoms with van der Waals surface area (Å²) >= 11 is 0. The molecule has 6 nitrogen and oxygen atoms in total. The molecular formula is C11H8N4O2. The Hall–Kier alpha value is -2.50. The van der Waals surface area contributed by atoms with Gasteiger partial charge < -0.3 is 9.40 Å². The van der Waals surface area contributed by atoms with Gasteiger partial charge in [-0.25, -0.2) is 4.98 Å². The van der Waals surface area contributed by atoms with Crippen LogP contribution in [0.15, 0.2) is 39.9 Å². The molecule has 84 valence electrons. The van der Waals surface area contributed by atoms with Crippen molar-refractivity contribution < 1.29 is 4.42 Å². The molecule has 1 aromatic carbocycles. The van der Waals surface area contributed by atoms with Crippen LogP contribution in [-0.4, -0.2) is 20.2 Å². The number of benzene rings is 1. The zero-order valence-electron chi connectivity index (χ0n) is 8.75. The van der Waals surface area contributed by atoms with Crippen LogP contribution in [0.5, 0.6) is 0 Å². The van der Waals surface area contributed by atoms with Gasteiger partial charge in [-0.05, 0) is 12.1 Å². The highest BCUT2D eigenvalue weighted by molar-refractivity contribution is 5.73.